The molecule has 0 unspecified atom stereocenters. The lowest BCUT2D eigenvalue weighted by molar-refractivity contribution is 0.0850. The van der Waals surface area contributed by atoms with Crippen molar-refractivity contribution in [2.45, 2.75) is 39.3 Å². The standard InChI is InChI=1S/C30H32FN7O3Si/c1-19-6-8-22(15-27(19)38-29(39)33-34-35-38)41-30-32-25-16-23(20-7-9-26-21(14-20)10-11-36(26)2)24(31)17-28(25)37(30)18-40-12-13-42(3,4)5/h6-11,14-17H,12-13,18H2,1-5H3,(H,33,35,39). The molecule has 0 atom stereocenters. The molecule has 3 heterocycles. The Morgan fingerprint density at radius 3 is 2.62 bits per heavy atom. The number of aryl methyl sites for hydroxylation is 2. The number of rotatable bonds is 9. The molecule has 3 aromatic carbocycles. The minimum Gasteiger partial charge on any atom is -0.425 e. The molecule has 0 fully saturated rings. The van der Waals surface area contributed by atoms with Crippen LogP contribution in [0.1, 0.15) is 5.56 Å². The number of tetrazole rings is 1. The Bertz CT molecular complexity index is 1980. The van der Waals surface area contributed by atoms with Gasteiger partial charge in [0, 0.05) is 56.5 Å². The number of H-pyrrole nitrogens is 1. The SMILES string of the molecule is Cc1ccc(Oc2nc3cc(-c4ccc5c(ccn5C)c4)c(F)cc3n2COCC[Si](C)(C)C)cc1-n1nn[nH]c1=O. The summed E-state index contributed by atoms with van der Waals surface area (Å²) in [4.78, 5) is 16.9. The van der Waals surface area contributed by atoms with Crippen molar-refractivity contribution in [3.05, 3.63) is 82.7 Å². The van der Waals surface area contributed by atoms with Gasteiger partial charge in [0.15, 0.2) is 0 Å². The lowest BCUT2D eigenvalue weighted by Gasteiger charge is -2.16. The van der Waals surface area contributed by atoms with Crippen LogP contribution in [-0.4, -0.2) is 49.0 Å². The summed E-state index contributed by atoms with van der Waals surface area (Å²) < 4.78 is 32.9. The molecule has 0 spiro atoms. The minimum absolute atomic E-state index is 0.145. The molecule has 0 aliphatic carbocycles. The van der Waals surface area contributed by atoms with Gasteiger partial charge in [-0.2, -0.15) is 9.67 Å². The van der Waals surface area contributed by atoms with Crippen molar-refractivity contribution >= 4 is 30.0 Å². The van der Waals surface area contributed by atoms with Crippen molar-refractivity contribution in [1.82, 2.24) is 34.3 Å². The van der Waals surface area contributed by atoms with Gasteiger partial charge >= 0.3 is 11.7 Å². The number of halogens is 1. The summed E-state index contributed by atoms with van der Waals surface area (Å²) in [5, 5.41) is 10.8. The summed E-state index contributed by atoms with van der Waals surface area (Å²) in [5.74, 6) is 0.0648. The molecular formula is C30H32FN7O3Si. The van der Waals surface area contributed by atoms with Gasteiger partial charge in [-0.3, -0.25) is 4.57 Å². The maximum absolute atomic E-state index is 15.7. The molecule has 0 saturated carbocycles. The smallest absolute Gasteiger partial charge is 0.365 e. The molecule has 10 nitrogen and oxygen atoms in total. The van der Waals surface area contributed by atoms with Gasteiger partial charge in [0.05, 0.1) is 16.7 Å². The second kappa shape index (κ2) is 10.7. The number of hydrogen-bond donors (Lipinski definition) is 1. The number of imidazole rings is 1. The monoisotopic (exact) mass is 585 g/mol. The number of aromatic amines is 1. The average Bonchev–Trinajstić information content (AvgIpc) is 3.63. The van der Waals surface area contributed by atoms with Crippen LogP contribution in [0.5, 0.6) is 11.8 Å². The maximum atomic E-state index is 15.7. The Labute approximate surface area is 242 Å². The van der Waals surface area contributed by atoms with E-state index >= 15 is 4.39 Å². The van der Waals surface area contributed by atoms with Crippen LogP contribution in [0.3, 0.4) is 0 Å². The van der Waals surface area contributed by atoms with Crippen LogP contribution in [0, 0.1) is 12.7 Å². The highest BCUT2D eigenvalue weighted by Crippen LogP contribution is 2.34. The number of ether oxygens (including phenoxy) is 2. The van der Waals surface area contributed by atoms with Crippen molar-refractivity contribution in [3.8, 4) is 28.6 Å². The molecule has 3 aromatic heterocycles. The van der Waals surface area contributed by atoms with Crippen molar-refractivity contribution in [2.24, 2.45) is 7.05 Å². The minimum atomic E-state index is -1.31. The van der Waals surface area contributed by atoms with Gasteiger partial charge in [-0.05, 0) is 64.9 Å². The topological polar surface area (TPSA) is 105 Å². The van der Waals surface area contributed by atoms with E-state index in [4.69, 9.17) is 14.5 Å². The number of hydrogen-bond acceptors (Lipinski definition) is 6. The fourth-order valence-corrected chi connectivity index (χ4v) is 5.63. The summed E-state index contributed by atoms with van der Waals surface area (Å²) in [5.41, 5.74) is 4.28. The van der Waals surface area contributed by atoms with Crippen LogP contribution in [-0.2, 0) is 18.5 Å². The molecule has 0 saturated heterocycles. The van der Waals surface area contributed by atoms with Gasteiger partial charge in [-0.15, -0.1) is 0 Å². The van der Waals surface area contributed by atoms with Crippen molar-refractivity contribution in [1.29, 1.82) is 0 Å². The molecule has 0 aliphatic rings. The van der Waals surface area contributed by atoms with E-state index in [9.17, 15) is 4.79 Å². The molecule has 6 aromatic rings. The van der Waals surface area contributed by atoms with Gasteiger partial charge in [-0.25, -0.2) is 14.3 Å². The summed E-state index contributed by atoms with van der Waals surface area (Å²) >= 11 is 0. The lowest BCUT2D eigenvalue weighted by Crippen LogP contribution is -2.22. The highest BCUT2D eigenvalue weighted by Gasteiger charge is 2.19. The Kier molecular flexibility index (Phi) is 7.03. The van der Waals surface area contributed by atoms with Crippen LogP contribution in [0.2, 0.25) is 25.7 Å². The first kappa shape index (κ1) is 27.6. The number of fused-ring (bicyclic) bond motifs is 2. The third-order valence-electron chi connectivity index (χ3n) is 7.31. The van der Waals surface area contributed by atoms with E-state index in [1.165, 1.54) is 6.07 Å². The first-order chi connectivity index (χ1) is 20.1. The molecular weight excluding hydrogens is 553 g/mol. The van der Waals surface area contributed by atoms with Crippen molar-refractivity contribution < 1.29 is 13.9 Å². The predicted molar refractivity (Wildman–Crippen MR) is 162 cm³/mol. The molecule has 12 heteroatoms. The number of nitrogens with one attached hydrogen (secondary N) is 1. The van der Waals surface area contributed by atoms with E-state index in [-0.39, 0.29) is 18.6 Å². The molecule has 1 N–H and O–H groups in total. The van der Waals surface area contributed by atoms with Gasteiger partial charge in [0.2, 0.25) is 0 Å². The van der Waals surface area contributed by atoms with Crippen LogP contribution >= 0.6 is 0 Å². The number of aromatic nitrogens is 7. The fraction of sp³-hybridized carbons (Fsp3) is 0.267. The zero-order valence-electron chi connectivity index (χ0n) is 24.2. The first-order valence-electron chi connectivity index (χ1n) is 13.7. The normalized spacial score (nSPS) is 12.0. The molecule has 0 bridgehead atoms. The Morgan fingerprint density at radius 1 is 1.02 bits per heavy atom. The van der Waals surface area contributed by atoms with E-state index in [0.29, 0.717) is 34.6 Å². The third kappa shape index (κ3) is 5.38. The molecule has 6 rings (SSSR count). The van der Waals surface area contributed by atoms with Crippen molar-refractivity contribution in [3.63, 3.8) is 0 Å². The maximum Gasteiger partial charge on any atom is 0.365 e. The summed E-state index contributed by atoms with van der Waals surface area (Å²) in [6.07, 6.45) is 1.98. The van der Waals surface area contributed by atoms with Crippen molar-refractivity contribution in [2.75, 3.05) is 6.61 Å². The van der Waals surface area contributed by atoms with Crippen LogP contribution in [0.15, 0.2) is 65.6 Å². The highest BCUT2D eigenvalue weighted by atomic mass is 28.3. The van der Waals surface area contributed by atoms with E-state index in [2.05, 4.69) is 35.2 Å². The fourth-order valence-electron chi connectivity index (χ4n) is 4.87. The Hall–Kier alpha value is -4.55. The molecule has 0 radical (unpaired) electrons. The largest absolute Gasteiger partial charge is 0.425 e. The Morgan fingerprint density at radius 2 is 1.86 bits per heavy atom. The summed E-state index contributed by atoms with van der Waals surface area (Å²) in [7, 11) is 0.675. The van der Waals surface area contributed by atoms with Crippen LogP contribution in [0.4, 0.5) is 4.39 Å². The first-order valence-corrected chi connectivity index (χ1v) is 17.4. The van der Waals surface area contributed by atoms with E-state index in [1.807, 2.05) is 55.1 Å². The molecule has 0 amide bonds. The Balaban J connectivity index is 1.40. The summed E-state index contributed by atoms with van der Waals surface area (Å²) in [6, 6.07) is 17.7. The zero-order chi connectivity index (χ0) is 29.6. The average molecular weight is 586 g/mol. The highest BCUT2D eigenvalue weighted by molar-refractivity contribution is 6.76. The second-order valence-corrected chi connectivity index (χ2v) is 17.3. The van der Waals surface area contributed by atoms with E-state index < -0.39 is 13.8 Å². The second-order valence-electron chi connectivity index (χ2n) is 11.7. The molecule has 0 aliphatic heterocycles. The number of benzene rings is 3. The van der Waals surface area contributed by atoms with Gasteiger partial charge in [-0.1, -0.05) is 31.8 Å². The van der Waals surface area contributed by atoms with E-state index in [1.54, 1.807) is 22.8 Å². The van der Waals surface area contributed by atoms with Crippen LogP contribution in [0.25, 0.3) is 38.8 Å². The van der Waals surface area contributed by atoms with Gasteiger partial charge < -0.3 is 14.0 Å². The quantitative estimate of drug-likeness (QED) is 0.164. The predicted octanol–water partition coefficient (Wildman–Crippen LogP) is 6.02. The zero-order valence-corrected chi connectivity index (χ0v) is 25.2. The third-order valence-corrected chi connectivity index (χ3v) is 9.01. The van der Waals surface area contributed by atoms with Gasteiger partial charge in [0.1, 0.15) is 18.3 Å². The number of nitrogens with zero attached hydrogens (tertiary/aromatic N) is 6. The van der Waals surface area contributed by atoms with Crippen LogP contribution < -0.4 is 10.4 Å². The lowest BCUT2D eigenvalue weighted by atomic mass is 10.0. The van der Waals surface area contributed by atoms with Gasteiger partial charge in [0.25, 0.3) is 0 Å². The molecule has 216 valence electrons. The summed E-state index contributed by atoms with van der Waals surface area (Å²) in [6.45, 7) is 9.45. The van der Waals surface area contributed by atoms with E-state index in [0.717, 1.165) is 32.8 Å². The molecule has 42 heavy (non-hydrogen) atoms.